The molecule has 1 aromatic heterocycles. The average Bonchev–Trinajstić information content (AvgIpc) is 3.65. The van der Waals surface area contributed by atoms with Gasteiger partial charge in [-0.3, -0.25) is 0 Å². The van der Waals surface area contributed by atoms with Crippen LogP contribution in [0.3, 0.4) is 0 Å². The Kier molecular flexibility index (Phi) is 14.0. The Balaban J connectivity index is 1.13. The van der Waals surface area contributed by atoms with E-state index < -0.39 is 4.92 Å². The Hall–Kier alpha value is -4.12. The zero-order valence-electron chi connectivity index (χ0n) is 32.6. The third-order valence-corrected chi connectivity index (χ3v) is 12.9. The minimum absolute atomic E-state index is 0.0375. The van der Waals surface area contributed by atoms with Crippen LogP contribution in [-0.2, 0) is 10.2 Å². The third-order valence-electron chi connectivity index (χ3n) is 11.7. The van der Waals surface area contributed by atoms with Gasteiger partial charge < -0.3 is 9.47 Å². The van der Waals surface area contributed by atoms with Gasteiger partial charge in [-0.2, -0.15) is 0 Å². The molecule has 0 aliphatic heterocycles. The number of carbonyl (C=O) groups excluding carboxylic acids is 1. The number of nitro benzene ring substituents is 1. The minimum Gasteiger partial charge on any atom is -0.0590 e. The summed E-state index contributed by atoms with van der Waals surface area (Å²) in [5.41, 5.74) is 12.8. The van der Waals surface area contributed by atoms with E-state index in [1.54, 1.807) is 20.3 Å². The number of unbranched alkanes of at least 4 members (excludes halogenated alkanes) is 6. The average molecular weight is 809 g/mol. The summed E-state index contributed by atoms with van der Waals surface area (Å²) in [6.07, 6.45) is 12.5. The van der Waals surface area contributed by atoms with Crippen LogP contribution >= 0.6 is 0 Å². The quantitative estimate of drug-likeness (QED) is 0.0153. The monoisotopic (exact) mass is 809 g/mol. The molecule has 3 atom stereocenters. The molecule has 6 rings (SSSR count). The molecule has 2 aromatic carbocycles. The summed E-state index contributed by atoms with van der Waals surface area (Å²) in [5.74, 6) is 3.30. The van der Waals surface area contributed by atoms with Crippen molar-refractivity contribution in [1.29, 1.82) is 0 Å². The Morgan fingerprint density at radius 2 is 1.72 bits per heavy atom. The molecule has 3 aliphatic rings. The fourth-order valence-corrected chi connectivity index (χ4v) is 9.56. The van der Waals surface area contributed by atoms with E-state index in [1.165, 1.54) is 17.2 Å². The molecule has 0 spiro atoms. The van der Waals surface area contributed by atoms with E-state index in [9.17, 15) is 14.9 Å². The maximum atomic E-state index is 13.0. The second kappa shape index (κ2) is 18.5. The number of allylic oxidation sites excluding steroid dienone is 1. The first kappa shape index (κ1) is 41.1. The molecule has 3 aliphatic carbocycles. The molecule has 1 N–H and O–H groups in total. The van der Waals surface area contributed by atoms with Gasteiger partial charge in [0.15, 0.2) is 0 Å². The van der Waals surface area contributed by atoms with Crippen molar-refractivity contribution in [3.8, 4) is 17.2 Å². The summed E-state index contributed by atoms with van der Waals surface area (Å²) in [6, 6.07) is 7.43. The predicted molar refractivity (Wildman–Crippen MR) is 211 cm³/mol. The van der Waals surface area contributed by atoms with Gasteiger partial charge in [-0.1, -0.05) is 63.7 Å². The van der Waals surface area contributed by atoms with Gasteiger partial charge in [0, 0.05) is 29.5 Å². The number of hydrogen-bond donors (Lipinski definition) is 1. The largest absolute Gasteiger partial charge is 0.0590 e. The molecule has 14 heteroatoms. The summed E-state index contributed by atoms with van der Waals surface area (Å²) < 4.78 is 26.6. The molecule has 1 saturated carbocycles. The smallest absolute Gasteiger partial charge is 0.0128 e. The van der Waals surface area contributed by atoms with Crippen LogP contribution < -0.4 is 19.5 Å². The number of amides is 1. The number of fused-ring (bicyclic) bond motifs is 2. The number of nitro groups is 1. The van der Waals surface area contributed by atoms with Crippen LogP contribution in [0.5, 0.6) is 17.2 Å². The second-order valence-corrected chi connectivity index (χ2v) is 17.0. The zero-order chi connectivity index (χ0) is 38.9. The first-order valence-corrected chi connectivity index (χ1v) is 20.7. The molecule has 0 radical (unpaired) electrons. The summed E-state index contributed by atoms with van der Waals surface area (Å²) in [4.78, 5) is 26.6. The number of nitrogens with zero attached hydrogens (tertiary/aromatic N) is 6. The summed E-state index contributed by atoms with van der Waals surface area (Å²) in [6.45, 7) is 10.8. The van der Waals surface area contributed by atoms with Crippen molar-refractivity contribution in [2.24, 2.45) is 22.4 Å². The van der Waals surface area contributed by atoms with E-state index >= 15 is 0 Å². The molecule has 1 heterocycles. The standard InChI is InChI=1S/C40H55N7O6Se/c1-39(2,18-12-8-9-13-19-43-46-41)27-22-33(51-5)36(34(23-27)52-6)28-21-26(29-24-30(28)40(29,3)4)25-42-35(48)15-11-7-10-14-20-53-32-17-16-31(47(49)50)37-38(32)45-54-44-37/h16-17,21-23,28-30H,7-15,18-20,24-25H2,1-6H3,(H,42,48)/t28-,29+,30-/m0/s1. The molecule has 292 valence electrons. The number of benzene rings is 2. The summed E-state index contributed by atoms with van der Waals surface area (Å²) in [7, 11) is 3.48. The fraction of sp³-hybridized carbons (Fsp3) is 0.625. The van der Waals surface area contributed by atoms with Crippen LogP contribution in [0.1, 0.15) is 115 Å². The van der Waals surface area contributed by atoms with E-state index in [1.807, 2.05) is 0 Å². The summed E-state index contributed by atoms with van der Waals surface area (Å²) in [5, 5.41) is 18.1. The van der Waals surface area contributed by atoms with E-state index in [2.05, 4.69) is 69.2 Å². The second-order valence-electron chi connectivity index (χ2n) is 15.9. The number of methoxy groups -OCH3 is 2. The van der Waals surface area contributed by atoms with Crippen molar-refractivity contribution in [3.05, 3.63) is 67.6 Å². The number of azide groups is 1. The topological polar surface area (TPSA) is 174 Å². The first-order chi connectivity index (χ1) is 25.9. The number of carbonyl (C=O) groups is 1. The number of aromatic nitrogens is 2. The molecular weight excluding hydrogens is 753 g/mol. The molecule has 0 saturated heterocycles. The Bertz CT molecular complexity index is 1840. The molecule has 2 bridgehead atoms. The van der Waals surface area contributed by atoms with Crippen LogP contribution in [0.15, 0.2) is 41.0 Å². The van der Waals surface area contributed by atoms with Gasteiger partial charge in [-0.05, 0) is 65.2 Å². The number of hydrogen-bond acceptors (Lipinski definition) is 9. The van der Waals surface area contributed by atoms with Crippen molar-refractivity contribution in [2.45, 2.75) is 110 Å². The van der Waals surface area contributed by atoms with Crippen LogP contribution in [-0.4, -0.2) is 67.7 Å². The van der Waals surface area contributed by atoms with Gasteiger partial charge in [0.05, 0.1) is 14.2 Å². The molecular formula is C40H55N7O6Se. The van der Waals surface area contributed by atoms with E-state index in [0.29, 0.717) is 54.7 Å². The SMILES string of the molecule is COc1cc(C(C)(C)CCCCCCN=[N+]=[N-])cc(OC)c1[C@H]1C=C(CNC(=O)CCCCCCOc2ccc([N+](=O)[O-])c3n[se]nc23)[C@H]2C[C@@H]1C2(C)C. The van der Waals surface area contributed by atoms with Crippen molar-refractivity contribution < 1.29 is 23.9 Å². The Morgan fingerprint density at radius 3 is 2.41 bits per heavy atom. The van der Waals surface area contributed by atoms with Gasteiger partial charge >= 0.3 is 132 Å². The van der Waals surface area contributed by atoms with Crippen LogP contribution in [0.25, 0.3) is 21.5 Å². The molecule has 3 aromatic rings. The van der Waals surface area contributed by atoms with Crippen molar-refractivity contribution in [3.63, 3.8) is 0 Å². The van der Waals surface area contributed by atoms with Gasteiger partial charge in [-0.15, -0.1) is 0 Å². The van der Waals surface area contributed by atoms with Crippen molar-refractivity contribution >= 4 is 37.6 Å². The van der Waals surface area contributed by atoms with Crippen LogP contribution in [0, 0.1) is 27.4 Å². The van der Waals surface area contributed by atoms with E-state index in [0.717, 1.165) is 81.3 Å². The maximum absolute atomic E-state index is 13.0. The normalized spacial score (nSPS) is 18.6. The first-order valence-electron chi connectivity index (χ1n) is 19.2. The zero-order valence-corrected chi connectivity index (χ0v) is 34.3. The Morgan fingerprint density at radius 1 is 1.04 bits per heavy atom. The molecule has 1 amide bonds. The van der Waals surface area contributed by atoms with Gasteiger partial charge in [-0.25, -0.2) is 0 Å². The molecule has 1 fully saturated rings. The van der Waals surface area contributed by atoms with Gasteiger partial charge in [0.2, 0.25) is 0 Å². The van der Waals surface area contributed by atoms with Crippen molar-refractivity contribution in [1.82, 2.24) is 13.3 Å². The van der Waals surface area contributed by atoms with E-state index in [4.69, 9.17) is 19.7 Å². The van der Waals surface area contributed by atoms with Gasteiger partial charge in [0.25, 0.3) is 0 Å². The van der Waals surface area contributed by atoms with Crippen LogP contribution in [0.2, 0.25) is 0 Å². The molecule has 13 nitrogen and oxygen atoms in total. The van der Waals surface area contributed by atoms with Crippen molar-refractivity contribution in [2.75, 3.05) is 33.9 Å². The molecule has 54 heavy (non-hydrogen) atoms. The number of ether oxygens (including phenoxy) is 3. The number of non-ortho nitro benzene ring substituents is 1. The number of nitrogens with one attached hydrogen (secondary N) is 1. The van der Waals surface area contributed by atoms with Gasteiger partial charge in [0.1, 0.15) is 11.5 Å². The molecule has 0 unspecified atom stereocenters. The third kappa shape index (κ3) is 9.39. The Labute approximate surface area is 324 Å². The number of rotatable bonds is 22. The fourth-order valence-electron chi connectivity index (χ4n) is 8.38. The van der Waals surface area contributed by atoms with E-state index in [-0.39, 0.29) is 43.3 Å². The van der Waals surface area contributed by atoms with Crippen LogP contribution in [0.4, 0.5) is 5.69 Å². The maximum Gasteiger partial charge on any atom is -0.0128 e. The minimum atomic E-state index is -0.439. The summed E-state index contributed by atoms with van der Waals surface area (Å²) >= 11 is -0.387. The predicted octanol–water partition coefficient (Wildman–Crippen LogP) is 8.98.